The Labute approximate surface area is 120 Å². The van der Waals surface area contributed by atoms with Gasteiger partial charge in [-0.1, -0.05) is 31.4 Å². The zero-order valence-corrected chi connectivity index (χ0v) is 13.0. The third-order valence-corrected chi connectivity index (χ3v) is 5.22. The van der Waals surface area contributed by atoms with Gasteiger partial charge in [0.15, 0.2) is 0 Å². The van der Waals surface area contributed by atoms with Gasteiger partial charge in [0.1, 0.15) is 0 Å². The van der Waals surface area contributed by atoms with Gasteiger partial charge in [0.2, 0.25) is 0 Å². The van der Waals surface area contributed by atoms with Gasteiger partial charge in [0.05, 0.1) is 5.69 Å². The van der Waals surface area contributed by atoms with Crippen LogP contribution in [0.15, 0.2) is 6.20 Å². The van der Waals surface area contributed by atoms with Crippen LogP contribution in [0.5, 0.6) is 0 Å². The molecule has 0 aliphatic heterocycles. The molecule has 19 heavy (non-hydrogen) atoms. The van der Waals surface area contributed by atoms with Crippen molar-refractivity contribution < 1.29 is 0 Å². The van der Waals surface area contributed by atoms with Gasteiger partial charge in [-0.15, -0.1) is 5.10 Å². The molecule has 1 heterocycles. The molecule has 0 spiro atoms. The molecule has 4 nitrogen and oxygen atoms in total. The summed E-state index contributed by atoms with van der Waals surface area (Å²) in [6.07, 6.45) is 10.1. The largest absolute Gasteiger partial charge is 0.313 e. The van der Waals surface area contributed by atoms with Crippen molar-refractivity contribution in [2.45, 2.75) is 56.7 Å². The second kappa shape index (κ2) is 7.90. The molecule has 1 atom stereocenters. The maximum atomic E-state index is 4.20. The molecule has 0 saturated heterocycles. The third kappa shape index (κ3) is 5.15. The average Bonchev–Trinajstić information content (AvgIpc) is 2.83. The minimum absolute atomic E-state index is 0.522. The standard InChI is InChI=1S/C14H26N4S/c1-3-15-13(9-12-10-18(2)17-16-12)11-19-14-7-5-4-6-8-14/h10,13-15H,3-9,11H2,1-2H3. The number of hydrogen-bond acceptors (Lipinski definition) is 4. The highest BCUT2D eigenvalue weighted by Crippen LogP contribution is 2.28. The van der Waals surface area contributed by atoms with E-state index in [0.29, 0.717) is 6.04 Å². The molecule has 0 amide bonds. The number of aryl methyl sites for hydroxylation is 1. The van der Waals surface area contributed by atoms with Crippen molar-refractivity contribution in [3.8, 4) is 0 Å². The summed E-state index contributed by atoms with van der Waals surface area (Å²) in [5, 5.41) is 12.7. The van der Waals surface area contributed by atoms with E-state index in [1.807, 2.05) is 13.2 Å². The first kappa shape index (κ1) is 14.9. The highest BCUT2D eigenvalue weighted by atomic mass is 32.2. The third-order valence-electron chi connectivity index (χ3n) is 3.68. The van der Waals surface area contributed by atoms with Crippen LogP contribution in [-0.4, -0.2) is 38.6 Å². The van der Waals surface area contributed by atoms with E-state index >= 15 is 0 Å². The summed E-state index contributed by atoms with van der Waals surface area (Å²) in [6.45, 7) is 3.20. The summed E-state index contributed by atoms with van der Waals surface area (Å²) >= 11 is 2.15. The Morgan fingerprint density at radius 1 is 1.42 bits per heavy atom. The number of hydrogen-bond donors (Lipinski definition) is 1. The first-order chi connectivity index (χ1) is 9.28. The Balaban J connectivity index is 1.78. The van der Waals surface area contributed by atoms with Crippen molar-refractivity contribution in [3.05, 3.63) is 11.9 Å². The van der Waals surface area contributed by atoms with Crippen LogP contribution in [0.2, 0.25) is 0 Å². The second-order valence-corrected chi connectivity index (χ2v) is 6.77. The summed E-state index contributed by atoms with van der Waals surface area (Å²) in [4.78, 5) is 0. The molecule has 1 saturated carbocycles. The molecule has 1 unspecified atom stereocenters. The van der Waals surface area contributed by atoms with Gasteiger partial charge in [-0.3, -0.25) is 4.68 Å². The fourth-order valence-corrected chi connectivity index (χ4v) is 4.11. The zero-order valence-electron chi connectivity index (χ0n) is 12.1. The summed E-state index contributed by atoms with van der Waals surface area (Å²) in [5.41, 5.74) is 1.10. The number of thioether (sulfide) groups is 1. The van der Waals surface area contributed by atoms with Crippen LogP contribution in [0.25, 0.3) is 0 Å². The summed E-state index contributed by atoms with van der Waals surface area (Å²) < 4.78 is 1.78. The van der Waals surface area contributed by atoms with E-state index in [2.05, 4.69) is 34.3 Å². The maximum Gasteiger partial charge on any atom is 0.0842 e. The van der Waals surface area contributed by atoms with Gasteiger partial charge in [-0.25, -0.2) is 0 Å². The van der Waals surface area contributed by atoms with Crippen molar-refractivity contribution in [1.82, 2.24) is 20.3 Å². The molecule has 0 aromatic carbocycles. The molecule has 1 aromatic heterocycles. The van der Waals surface area contributed by atoms with Crippen molar-refractivity contribution in [1.29, 1.82) is 0 Å². The van der Waals surface area contributed by atoms with E-state index in [-0.39, 0.29) is 0 Å². The van der Waals surface area contributed by atoms with Gasteiger partial charge >= 0.3 is 0 Å². The molecular formula is C14H26N4S. The summed E-state index contributed by atoms with van der Waals surface area (Å²) in [6, 6.07) is 0.522. The van der Waals surface area contributed by atoms with Crippen LogP contribution in [0.4, 0.5) is 0 Å². The monoisotopic (exact) mass is 282 g/mol. The first-order valence-corrected chi connectivity index (χ1v) is 8.53. The van der Waals surface area contributed by atoms with Gasteiger partial charge in [-0.2, -0.15) is 11.8 Å². The molecule has 1 aromatic rings. The van der Waals surface area contributed by atoms with Crippen LogP contribution in [-0.2, 0) is 13.5 Å². The highest BCUT2D eigenvalue weighted by molar-refractivity contribution is 7.99. The quantitative estimate of drug-likeness (QED) is 0.834. The summed E-state index contributed by atoms with van der Waals surface area (Å²) in [7, 11) is 1.93. The van der Waals surface area contributed by atoms with Gasteiger partial charge in [0.25, 0.3) is 0 Å². The van der Waals surface area contributed by atoms with Gasteiger partial charge < -0.3 is 5.32 Å². The molecule has 0 radical (unpaired) electrons. The van der Waals surface area contributed by atoms with E-state index in [1.165, 1.54) is 37.9 Å². The lowest BCUT2D eigenvalue weighted by Crippen LogP contribution is -2.34. The van der Waals surface area contributed by atoms with Crippen LogP contribution in [0, 0.1) is 0 Å². The van der Waals surface area contributed by atoms with E-state index in [9.17, 15) is 0 Å². The zero-order chi connectivity index (χ0) is 13.5. The van der Waals surface area contributed by atoms with Gasteiger partial charge in [0, 0.05) is 36.7 Å². The Hall–Kier alpha value is -0.550. The van der Waals surface area contributed by atoms with Crippen molar-refractivity contribution in [2.24, 2.45) is 7.05 Å². The fourth-order valence-electron chi connectivity index (χ4n) is 2.70. The second-order valence-electron chi connectivity index (χ2n) is 5.44. The Morgan fingerprint density at radius 3 is 2.84 bits per heavy atom. The number of nitrogens with zero attached hydrogens (tertiary/aromatic N) is 3. The lowest BCUT2D eigenvalue weighted by Gasteiger charge is -2.24. The smallest absolute Gasteiger partial charge is 0.0842 e. The highest BCUT2D eigenvalue weighted by Gasteiger charge is 2.17. The fraction of sp³-hybridized carbons (Fsp3) is 0.857. The van der Waals surface area contributed by atoms with Crippen LogP contribution in [0.1, 0.15) is 44.7 Å². The average molecular weight is 282 g/mol. The van der Waals surface area contributed by atoms with E-state index in [1.54, 1.807) is 4.68 Å². The SMILES string of the molecule is CCNC(CSC1CCCCC1)Cc1cn(C)nn1. The van der Waals surface area contributed by atoms with Crippen molar-refractivity contribution >= 4 is 11.8 Å². The number of rotatable bonds is 7. The van der Waals surface area contributed by atoms with E-state index in [0.717, 1.165) is 23.9 Å². The van der Waals surface area contributed by atoms with E-state index < -0.39 is 0 Å². The predicted octanol–water partition coefficient (Wildman–Crippen LogP) is 2.40. The minimum Gasteiger partial charge on any atom is -0.313 e. The molecule has 5 heteroatoms. The molecule has 1 N–H and O–H groups in total. The molecule has 108 valence electrons. The predicted molar refractivity (Wildman–Crippen MR) is 81.5 cm³/mol. The lowest BCUT2D eigenvalue weighted by molar-refractivity contribution is 0.512. The number of likely N-dealkylation sites (N-methyl/N-ethyl adjacent to an activating group) is 1. The minimum atomic E-state index is 0.522. The van der Waals surface area contributed by atoms with Crippen LogP contribution < -0.4 is 5.32 Å². The lowest BCUT2D eigenvalue weighted by atomic mass is 10.0. The van der Waals surface area contributed by atoms with Crippen LogP contribution in [0.3, 0.4) is 0 Å². The molecule has 2 rings (SSSR count). The number of aromatic nitrogens is 3. The molecule has 1 aliphatic rings. The Kier molecular flexibility index (Phi) is 6.17. The maximum absolute atomic E-state index is 4.20. The van der Waals surface area contributed by atoms with Gasteiger partial charge in [-0.05, 0) is 19.4 Å². The number of nitrogens with one attached hydrogen (secondary N) is 1. The first-order valence-electron chi connectivity index (χ1n) is 7.48. The molecule has 0 bridgehead atoms. The van der Waals surface area contributed by atoms with E-state index in [4.69, 9.17) is 0 Å². The topological polar surface area (TPSA) is 42.7 Å². The van der Waals surface area contributed by atoms with Crippen molar-refractivity contribution in [2.75, 3.05) is 12.3 Å². The normalized spacial score (nSPS) is 18.6. The van der Waals surface area contributed by atoms with Crippen LogP contribution >= 0.6 is 11.8 Å². The molecule has 1 aliphatic carbocycles. The molecule has 1 fully saturated rings. The molecular weight excluding hydrogens is 256 g/mol. The summed E-state index contributed by atoms with van der Waals surface area (Å²) in [5.74, 6) is 1.19. The Bertz CT molecular complexity index is 360. The Morgan fingerprint density at radius 2 is 2.21 bits per heavy atom. The van der Waals surface area contributed by atoms with Crippen molar-refractivity contribution in [3.63, 3.8) is 0 Å².